The molecule has 0 radical (unpaired) electrons. The Balaban J connectivity index is 1.81. The van der Waals surface area contributed by atoms with Gasteiger partial charge in [-0.1, -0.05) is 28.8 Å². The molecule has 3 rings (SSSR count). The number of likely N-dealkylation sites (N-methyl/N-ethyl adjacent to an activating group) is 1. The summed E-state index contributed by atoms with van der Waals surface area (Å²) in [4.78, 5) is 26.2. The summed E-state index contributed by atoms with van der Waals surface area (Å²) in [6.45, 7) is 1.89. The predicted octanol–water partition coefficient (Wildman–Crippen LogP) is 2.27. The molecule has 2 heterocycles. The number of carbonyl (C=O) groups is 1. The van der Waals surface area contributed by atoms with Gasteiger partial charge in [0.25, 0.3) is 5.56 Å². The topological polar surface area (TPSA) is 68.3 Å². The van der Waals surface area contributed by atoms with Crippen LogP contribution in [0.15, 0.2) is 45.9 Å². The average Bonchev–Trinajstić information content (AvgIpc) is 3.15. The fourth-order valence-corrected chi connectivity index (χ4v) is 3.19. The summed E-state index contributed by atoms with van der Waals surface area (Å²) >= 11 is 1.30. The van der Waals surface area contributed by atoms with Crippen molar-refractivity contribution < 1.29 is 9.32 Å². The van der Waals surface area contributed by atoms with Crippen LogP contribution in [0.5, 0.6) is 0 Å². The van der Waals surface area contributed by atoms with Gasteiger partial charge in [0.05, 0.1) is 16.1 Å². The van der Waals surface area contributed by atoms with Crippen molar-refractivity contribution >= 4 is 27.5 Å². The minimum atomic E-state index is -0.212. The number of carbonyl (C=O) groups excluding carboxylic acids is 1. The number of hydrogen-bond donors (Lipinski definition) is 0. The molecule has 0 fully saturated rings. The Labute approximate surface area is 130 Å². The highest BCUT2D eigenvalue weighted by Crippen LogP contribution is 2.19. The van der Waals surface area contributed by atoms with E-state index < -0.39 is 0 Å². The largest absolute Gasteiger partial charge is 0.364 e. The third kappa shape index (κ3) is 2.55. The van der Waals surface area contributed by atoms with Gasteiger partial charge in [-0.3, -0.25) is 13.5 Å². The molecule has 0 saturated carbocycles. The highest BCUT2D eigenvalue weighted by Gasteiger charge is 2.21. The monoisotopic (exact) mass is 317 g/mol. The van der Waals surface area contributed by atoms with E-state index in [0.29, 0.717) is 11.1 Å². The molecule has 0 spiro atoms. The van der Waals surface area contributed by atoms with Crippen LogP contribution in [0.25, 0.3) is 10.1 Å². The maximum atomic E-state index is 12.4. The molecular formula is C15H15N3O3S. The Morgan fingerprint density at radius 3 is 2.86 bits per heavy atom. The van der Waals surface area contributed by atoms with Crippen LogP contribution >= 0.6 is 11.5 Å². The maximum absolute atomic E-state index is 12.4. The van der Waals surface area contributed by atoms with E-state index in [1.807, 2.05) is 25.1 Å². The van der Waals surface area contributed by atoms with Crippen LogP contribution in [0, 0.1) is 0 Å². The molecule has 3 aromatic rings. The molecule has 0 aliphatic carbocycles. The lowest BCUT2D eigenvalue weighted by Gasteiger charge is -2.22. The molecule has 0 saturated heterocycles. The van der Waals surface area contributed by atoms with Gasteiger partial charge in [-0.15, -0.1) is 0 Å². The van der Waals surface area contributed by atoms with Gasteiger partial charge in [0.1, 0.15) is 18.5 Å². The molecule has 1 amide bonds. The average molecular weight is 317 g/mol. The maximum Gasteiger partial charge on any atom is 0.268 e. The first kappa shape index (κ1) is 14.5. The molecule has 0 N–H and O–H groups in total. The van der Waals surface area contributed by atoms with Crippen molar-refractivity contribution in [3.05, 3.63) is 52.6 Å². The highest BCUT2D eigenvalue weighted by molar-refractivity contribution is 7.13. The fraction of sp³-hybridized carbons (Fsp3) is 0.267. The van der Waals surface area contributed by atoms with Crippen molar-refractivity contribution in [2.75, 3.05) is 7.05 Å². The lowest BCUT2D eigenvalue weighted by Crippen LogP contribution is -2.34. The summed E-state index contributed by atoms with van der Waals surface area (Å²) in [5, 5.41) is 4.49. The van der Waals surface area contributed by atoms with Gasteiger partial charge in [-0.05, 0) is 19.1 Å². The molecule has 6 nitrogen and oxygen atoms in total. The Hall–Kier alpha value is -2.41. The van der Waals surface area contributed by atoms with E-state index in [1.54, 1.807) is 24.1 Å². The summed E-state index contributed by atoms with van der Waals surface area (Å²) in [6.07, 6.45) is 1.47. The van der Waals surface area contributed by atoms with Crippen molar-refractivity contribution in [3.8, 4) is 0 Å². The van der Waals surface area contributed by atoms with Crippen molar-refractivity contribution in [2.24, 2.45) is 0 Å². The van der Waals surface area contributed by atoms with Gasteiger partial charge in [0.15, 0.2) is 0 Å². The molecule has 1 atom stereocenters. The van der Waals surface area contributed by atoms with E-state index in [4.69, 9.17) is 4.52 Å². The first-order valence-electron chi connectivity index (χ1n) is 6.82. The van der Waals surface area contributed by atoms with Crippen molar-refractivity contribution in [1.82, 2.24) is 14.0 Å². The Morgan fingerprint density at radius 1 is 1.41 bits per heavy atom. The first-order chi connectivity index (χ1) is 10.6. The van der Waals surface area contributed by atoms with Gasteiger partial charge in [-0.2, -0.15) is 0 Å². The molecule has 0 aliphatic heterocycles. The molecule has 0 unspecified atom stereocenters. The van der Waals surface area contributed by atoms with Gasteiger partial charge in [-0.25, -0.2) is 0 Å². The van der Waals surface area contributed by atoms with Crippen LogP contribution in [-0.2, 0) is 11.3 Å². The number of benzene rings is 1. The molecule has 0 bridgehead atoms. The van der Waals surface area contributed by atoms with Crippen LogP contribution in [0.4, 0.5) is 0 Å². The molecular weight excluding hydrogens is 302 g/mol. The number of hydrogen-bond acceptors (Lipinski definition) is 5. The van der Waals surface area contributed by atoms with E-state index in [0.717, 1.165) is 4.70 Å². The second-order valence-electron chi connectivity index (χ2n) is 5.03. The Morgan fingerprint density at radius 2 is 2.18 bits per heavy atom. The van der Waals surface area contributed by atoms with E-state index in [2.05, 4.69) is 5.16 Å². The highest BCUT2D eigenvalue weighted by atomic mass is 32.1. The lowest BCUT2D eigenvalue weighted by molar-refractivity contribution is -0.132. The quantitative estimate of drug-likeness (QED) is 0.740. The third-order valence-electron chi connectivity index (χ3n) is 3.69. The molecule has 22 heavy (non-hydrogen) atoms. The SMILES string of the molecule is C[C@H](c1ccon1)N(C)C(=O)Cn1sc2ccccc2c1=O. The summed E-state index contributed by atoms with van der Waals surface area (Å²) < 4.78 is 7.17. The lowest BCUT2D eigenvalue weighted by atomic mass is 10.2. The van der Waals surface area contributed by atoms with E-state index in [1.165, 1.54) is 21.8 Å². The van der Waals surface area contributed by atoms with Crippen LogP contribution in [0.1, 0.15) is 18.7 Å². The number of amides is 1. The summed E-state index contributed by atoms with van der Waals surface area (Å²) in [7, 11) is 1.69. The zero-order chi connectivity index (χ0) is 15.7. The summed E-state index contributed by atoms with van der Waals surface area (Å²) in [5.41, 5.74) is 0.552. The van der Waals surface area contributed by atoms with Crippen LogP contribution < -0.4 is 5.56 Å². The zero-order valence-corrected chi connectivity index (χ0v) is 13.0. The van der Waals surface area contributed by atoms with Gasteiger partial charge in [0, 0.05) is 13.1 Å². The number of rotatable bonds is 4. The molecule has 7 heteroatoms. The molecule has 2 aromatic heterocycles. The van der Waals surface area contributed by atoms with Crippen molar-refractivity contribution in [3.63, 3.8) is 0 Å². The second-order valence-corrected chi connectivity index (χ2v) is 6.10. The van der Waals surface area contributed by atoms with E-state index >= 15 is 0 Å². The molecule has 0 aliphatic rings. The smallest absolute Gasteiger partial charge is 0.268 e. The number of fused-ring (bicyclic) bond motifs is 1. The fourth-order valence-electron chi connectivity index (χ4n) is 2.21. The first-order valence-corrected chi connectivity index (χ1v) is 7.60. The van der Waals surface area contributed by atoms with Crippen LogP contribution in [-0.4, -0.2) is 27.0 Å². The number of aromatic nitrogens is 2. The van der Waals surface area contributed by atoms with Crippen LogP contribution in [0.2, 0.25) is 0 Å². The summed E-state index contributed by atoms with van der Waals surface area (Å²) in [6, 6.07) is 8.86. The predicted molar refractivity (Wildman–Crippen MR) is 83.8 cm³/mol. The molecule has 1 aromatic carbocycles. The molecule has 114 valence electrons. The van der Waals surface area contributed by atoms with Gasteiger partial charge < -0.3 is 9.42 Å². The van der Waals surface area contributed by atoms with Gasteiger partial charge in [0.2, 0.25) is 5.91 Å². The van der Waals surface area contributed by atoms with Crippen LogP contribution in [0.3, 0.4) is 0 Å². The zero-order valence-electron chi connectivity index (χ0n) is 12.2. The minimum Gasteiger partial charge on any atom is -0.364 e. The van der Waals surface area contributed by atoms with Gasteiger partial charge >= 0.3 is 0 Å². The van der Waals surface area contributed by atoms with E-state index in [9.17, 15) is 9.59 Å². The third-order valence-corrected chi connectivity index (χ3v) is 4.76. The van der Waals surface area contributed by atoms with Crippen molar-refractivity contribution in [1.29, 1.82) is 0 Å². The van der Waals surface area contributed by atoms with E-state index in [-0.39, 0.29) is 24.1 Å². The number of nitrogens with zero attached hydrogens (tertiary/aromatic N) is 3. The Kier molecular flexibility index (Phi) is 3.81. The van der Waals surface area contributed by atoms with Crippen molar-refractivity contribution in [2.45, 2.75) is 19.5 Å². The normalized spacial score (nSPS) is 12.5. The minimum absolute atomic E-state index is 0.0247. The second kappa shape index (κ2) is 5.76. The standard InChI is InChI=1S/C15H15N3O3S/c1-10(12-7-8-21-16-12)17(2)14(19)9-18-15(20)11-5-3-4-6-13(11)22-18/h3-8,10H,9H2,1-2H3/t10-/m1/s1. The Bertz CT molecular complexity index is 850. The summed E-state index contributed by atoms with van der Waals surface area (Å²) in [5.74, 6) is -0.149.